The molecule has 2 aliphatic rings. The highest BCUT2D eigenvalue weighted by Crippen LogP contribution is 2.40. The predicted octanol–water partition coefficient (Wildman–Crippen LogP) is 1.70. The standard InChI is InChI=1S/C13H19N3O2.ClH/c1-8-7-14-5-4-10(8)15-13(17)11-6-12(18-16-11)9-2-3-9;/h6,8-10,14H,2-5,7H2,1H3,(H,15,17);1H. The fourth-order valence-corrected chi connectivity index (χ4v) is 2.43. The minimum absolute atomic E-state index is 0. The lowest BCUT2D eigenvalue weighted by atomic mass is 9.95. The molecular formula is C13H20ClN3O2. The number of carbonyl (C=O) groups is 1. The molecule has 1 saturated carbocycles. The van der Waals surface area contributed by atoms with Crippen LogP contribution in [-0.2, 0) is 0 Å². The smallest absolute Gasteiger partial charge is 0.273 e. The first-order valence-corrected chi connectivity index (χ1v) is 6.72. The number of nitrogens with zero attached hydrogens (tertiary/aromatic N) is 1. The Morgan fingerprint density at radius 3 is 2.95 bits per heavy atom. The van der Waals surface area contributed by atoms with Crippen molar-refractivity contribution in [3.05, 3.63) is 17.5 Å². The van der Waals surface area contributed by atoms with Crippen LogP contribution in [0.1, 0.15) is 48.4 Å². The third-order valence-electron chi connectivity index (χ3n) is 3.84. The second-order valence-electron chi connectivity index (χ2n) is 5.44. The van der Waals surface area contributed by atoms with Crippen LogP contribution in [0.25, 0.3) is 0 Å². The monoisotopic (exact) mass is 285 g/mol. The molecule has 2 N–H and O–H groups in total. The lowest BCUT2D eigenvalue weighted by Gasteiger charge is -2.29. The Labute approximate surface area is 118 Å². The number of carbonyl (C=O) groups excluding carboxylic acids is 1. The van der Waals surface area contributed by atoms with Gasteiger partial charge in [0.05, 0.1) is 0 Å². The molecule has 6 heteroatoms. The zero-order valence-corrected chi connectivity index (χ0v) is 11.8. The van der Waals surface area contributed by atoms with Crippen molar-refractivity contribution in [2.24, 2.45) is 5.92 Å². The topological polar surface area (TPSA) is 67.2 Å². The van der Waals surface area contributed by atoms with Gasteiger partial charge in [-0.05, 0) is 38.3 Å². The van der Waals surface area contributed by atoms with Crippen molar-refractivity contribution < 1.29 is 9.32 Å². The van der Waals surface area contributed by atoms with E-state index in [1.165, 1.54) is 0 Å². The van der Waals surface area contributed by atoms with Crippen LogP contribution in [-0.4, -0.2) is 30.2 Å². The molecule has 1 aliphatic carbocycles. The van der Waals surface area contributed by atoms with Gasteiger partial charge >= 0.3 is 0 Å². The predicted molar refractivity (Wildman–Crippen MR) is 73.6 cm³/mol. The molecule has 1 amide bonds. The molecule has 0 spiro atoms. The van der Waals surface area contributed by atoms with Gasteiger partial charge in [0.15, 0.2) is 5.69 Å². The first-order chi connectivity index (χ1) is 8.74. The number of piperidine rings is 1. The molecule has 2 heterocycles. The van der Waals surface area contributed by atoms with Crippen molar-refractivity contribution in [3.63, 3.8) is 0 Å². The third kappa shape index (κ3) is 3.28. The molecule has 1 saturated heterocycles. The van der Waals surface area contributed by atoms with Crippen molar-refractivity contribution in [3.8, 4) is 0 Å². The van der Waals surface area contributed by atoms with Crippen molar-refractivity contribution in [1.82, 2.24) is 15.8 Å². The molecule has 19 heavy (non-hydrogen) atoms. The van der Waals surface area contributed by atoms with Gasteiger partial charge in [0.25, 0.3) is 5.91 Å². The van der Waals surface area contributed by atoms with Crippen LogP contribution in [0.2, 0.25) is 0 Å². The largest absolute Gasteiger partial charge is 0.360 e. The average Bonchev–Trinajstić information content (AvgIpc) is 3.10. The molecule has 1 aromatic heterocycles. The molecule has 106 valence electrons. The number of hydrogen-bond donors (Lipinski definition) is 2. The van der Waals surface area contributed by atoms with Gasteiger partial charge in [-0.2, -0.15) is 0 Å². The summed E-state index contributed by atoms with van der Waals surface area (Å²) in [5, 5.41) is 10.2. The van der Waals surface area contributed by atoms with E-state index in [1.807, 2.05) is 0 Å². The van der Waals surface area contributed by atoms with E-state index in [0.717, 1.165) is 38.1 Å². The van der Waals surface area contributed by atoms with Gasteiger partial charge in [-0.1, -0.05) is 12.1 Å². The minimum atomic E-state index is -0.107. The number of halogens is 1. The number of aromatic nitrogens is 1. The van der Waals surface area contributed by atoms with Crippen LogP contribution < -0.4 is 10.6 Å². The quantitative estimate of drug-likeness (QED) is 0.887. The zero-order valence-electron chi connectivity index (χ0n) is 11.0. The summed E-state index contributed by atoms with van der Waals surface area (Å²) < 4.78 is 5.20. The van der Waals surface area contributed by atoms with Crippen LogP contribution in [0.15, 0.2) is 10.6 Å². The van der Waals surface area contributed by atoms with Crippen LogP contribution in [0, 0.1) is 5.92 Å². The maximum absolute atomic E-state index is 12.1. The van der Waals surface area contributed by atoms with Gasteiger partial charge in [0.2, 0.25) is 0 Å². The number of rotatable bonds is 3. The second-order valence-corrected chi connectivity index (χ2v) is 5.44. The van der Waals surface area contributed by atoms with E-state index in [2.05, 4.69) is 22.7 Å². The first kappa shape index (κ1) is 14.3. The molecule has 1 aromatic rings. The Morgan fingerprint density at radius 2 is 2.26 bits per heavy atom. The summed E-state index contributed by atoms with van der Waals surface area (Å²) in [6, 6.07) is 2.03. The normalized spacial score (nSPS) is 26.6. The third-order valence-corrected chi connectivity index (χ3v) is 3.84. The molecule has 0 bridgehead atoms. The summed E-state index contributed by atoms with van der Waals surface area (Å²) in [5.74, 6) is 1.71. The van der Waals surface area contributed by atoms with Crippen molar-refractivity contribution >= 4 is 18.3 Å². The fraction of sp³-hybridized carbons (Fsp3) is 0.692. The van der Waals surface area contributed by atoms with E-state index in [9.17, 15) is 4.79 Å². The minimum Gasteiger partial charge on any atom is -0.360 e. The van der Waals surface area contributed by atoms with E-state index < -0.39 is 0 Å². The van der Waals surface area contributed by atoms with E-state index in [1.54, 1.807) is 6.07 Å². The second kappa shape index (κ2) is 5.92. The summed E-state index contributed by atoms with van der Waals surface area (Å²) in [4.78, 5) is 12.1. The molecule has 3 rings (SSSR count). The molecule has 2 unspecified atom stereocenters. The number of nitrogens with one attached hydrogen (secondary N) is 2. The Morgan fingerprint density at radius 1 is 1.47 bits per heavy atom. The van der Waals surface area contributed by atoms with E-state index in [4.69, 9.17) is 4.52 Å². The number of hydrogen-bond acceptors (Lipinski definition) is 4. The Bertz CT molecular complexity index is 445. The summed E-state index contributed by atoms with van der Waals surface area (Å²) >= 11 is 0. The van der Waals surface area contributed by atoms with Crippen molar-refractivity contribution in [1.29, 1.82) is 0 Å². The van der Waals surface area contributed by atoms with Gasteiger partial charge < -0.3 is 15.2 Å². The van der Waals surface area contributed by atoms with E-state index >= 15 is 0 Å². The maximum Gasteiger partial charge on any atom is 0.273 e. The first-order valence-electron chi connectivity index (χ1n) is 6.72. The van der Waals surface area contributed by atoms with Gasteiger partial charge in [-0.25, -0.2) is 0 Å². The summed E-state index contributed by atoms with van der Waals surface area (Å²) in [7, 11) is 0. The van der Waals surface area contributed by atoms with Crippen molar-refractivity contribution in [2.45, 2.75) is 38.1 Å². The Hall–Kier alpha value is -1.07. The summed E-state index contributed by atoms with van der Waals surface area (Å²) in [5.41, 5.74) is 0.419. The molecular weight excluding hydrogens is 266 g/mol. The zero-order chi connectivity index (χ0) is 12.5. The summed E-state index contributed by atoms with van der Waals surface area (Å²) in [6.45, 7) is 4.06. The highest BCUT2D eigenvalue weighted by Gasteiger charge is 2.30. The molecule has 2 fully saturated rings. The summed E-state index contributed by atoms with van der Waals surface area (Å²) in [6.07, 6.45) is 3.28. The van der Waals surface area contributed by atoms with Crippen LogP contribution >= 0.6 is 12.4 Å². The average molecular weight is 286 g/mol. The SMILES string of the molecule is CC1CNCCC1NC(=O)c1cc(C2CC2)on1.Cl. The van der Waals surface area contributed by atoms with Gasteiger partial charge in [-0.15, -0.1) is 12.4 Å². The Balaban J connectivity index is 0.00000133. The molecule has 0 aromatic carbocycles. The van der Waals surface area contributed by atoms with Crippen LogP contribution in [0.4, 0.5) is 0 Å². The van der Waals surface area contributed by atoms with Crippen LogP contribution in [0.5, 0.6) is 0 Å². The van der Waals surface area contributed by atoms with E-state index in [0.29, 0.717) is 17.5 Å². The highest BCUT2D eigenvalue weighted by molar-refractivity contribution is 5.92. The lowest BCUT2D eigenvalue weighted by Crippen LogP contribution is -2.48. The maximum atomic E-state index is 12.1. The highest BCUT2D eigenvalue weighted by atomic mass is 35.5. The molecule has 1 aliphatic heterocycles. The van der Waals surface area contributed by atoms with Gasteiger partial charge in [-0.3, -0.25) is 4.79 Å². The van der Waals surface area contributed by atoms with Crippen molar-refractivity contribution in [2.75, 3.05) is 13.1 Å². The Kier molecular flexibility index (Phi) is 4.47. The molecule has 2 atom stereocenters. The van der Waals surface area contributed by atoms with E-state index in [-0.39, 0.29) is 24.4 Å². The van der Waals surface area contributed by atoms with Gasteiger partial charge in [0, 0.05) is 18.0 Å². The lowest BCUT2D eigenvalue weighted by molar-refractivity contribution is 0.0905. The van der Waals surface area contributed by atoms with Gasteiger partial charge in [0.1, 0.15) is 5.76 Å². The number of amides is 1. The van der Waals surface area contributed by atoms with Crippen LogP contribution in [0.3, 0.4) is 0 Å². The molecule has 5 nitrogen and oxygen atoms in total. The molecule has 0 radical (unpaired) electrons. The fourth-order valence-electron chi connectivity index (χ4n) is 2.43.